The predicted octanol–water partition coefficient (Wildman–Crippen LogP) is 2.88. The molecule has 4 nitrogen and oxygen atoms in total. The maximum atomic E-state index is 13.7. The van der Waals surface area contributed by atoms with Crippen molar-refractivity contribution in [2.45, 2.75) is 51.6 Å². The Morgan fingerprint density at radius 2 is 2.08 bits per heavy atom. The number of benzene rings is 1. The highest BCUT2D eigenvalue weighted by Crippen LogP contribution is 2.38. The van der Waals surface area contributed by atoms with Crippen molar-refractivity contribution < 1.29 is 14.0 Å². The van der Waals surface area contributed by atoms with Crippen molar-refractivity contribution in [3.8, 4) is 0 Å². The molecule has 0 radical (unpaired) electrons. The number of rotatable bonds is 3. The number of hydrogen-bond donors (Lipinski definition) is 2. The van der Waals surface area contributed by atoms with Crippen molar-refractivity contribution >= 4 is 11.8 Å². The number of carbonyl (C=O) groups is 2. The van der Waals surface area contributed by atoms with E-state index >= 15 is 0 Å². The summed E-state index contributed by atoms with van der Waals surface area (Å²) >= 11 is 0. The van der Waals surface area contributed by atoms with Crippen LogP contribution in [0.5, 0.6) is 0 Å². The molecule has 0 spiro atoms. The van der Waals surface area contributed by atoms with Gasteiger partial charge in [0.2, 0.25) is 5.91 Å². The van der Waals surface area contributed by atoms with E-state index < -0.39 is 5.82 Å². The van der Waals surface area contributed by atoms with Crippen LogP contribution in [0.3, 0.4) is 0 Å². The fourth-order valence-electron chi connectivity index (χ4n) is 4.41. The average Bonchev–Trinajstić information content (AvgIpc) is 2.55. The second kappa shape index (κ2) is 6.91. The molecule has 1 aromatic rings. The van der Waals surface area contributed by atoms with Crippen molar-refractivity contribution in [1.82, 2.24) is 10.6 Å². The smallest absolute Gasteiger partial charge is 0.254 e. The Kier molecular flexibility index (Phi) is 4.88. The molecule has 0 aromatic heterocycles. The molecule has 1 saturated carbocycles. The average molecular weight is 332 g/mol. The summed E-state index contributed by atoms with van der Waals surface area (Å²) in [4.78, 5) is 24.5. The molecule has 1 aliphatic carbocycles. The number of amides is 2. The topological polar surface area (TPSA) is 58.2 Å². The lowest BCUT2D eigenvalue weighted by molar-refractivity contribution is -0.133. The lowest BCUT2D eigenvalue weighted by Crippen LogP contribution is -2.58. The van der Waals surface area contributed by atoms with Gasteiger partial charge in [-0.15, -0.1) is 0 Å². The fraction of sp³-hybridized carbons (Fsp3) is 0.579. The minimum absolute atomic E-state index is 0.0240. The van der Waals surface area contributed by atoms with Crippen LogP contribution in [0.25, 0.3) is 0 Å². The van der Waals surface area contributed by atoms with Gasteiger partial charge in [0, 0.05) is 18.0 Å². The lowest BCUT2D eigenvalue weighted by Gasteiger charge is -2.46. The Bertz CT molecular complexity index is 634. The van der Waals surface area contributed by atoms with E-state index in [-0.39, 0.29) is 35.4 Å². The maximum Gasteiger partial charge on any atom is 0.254 e. The molecule has 2 aliphatic rings. The van der Waals surface area contributed by atoms with Gasteiger partial charge in [0.25, 0.3) is 5.91 Å². The van der Waals surface area contributed by atoms with Crippen molar-refractivity contribution in [2.24, 2.45) is 17.8 Å². The van der Waals surface area contributed by atoms with E-state index in [1.165, 1.54) is 12.1 Å². The molecular weight excluding hydrogens is 307 g/mol. The zero-order valence-electron chi connectivity index (χ0n) is 14.2. The van der Waals surface area contributed by atoms with E-state index in [2.05, 4.69) is 24.5 Å². The zero-order chi connectivity index (χ0) is 17.3. The van der Waals surface area contributed by atoms with Crippen LogP contribution in [-0.4, -0.2) is 23.9 Å². The molecule has 2 amide bonds. The minimum Gasteiger partial charge on any atom is -0.353 e. The van der Waals surface area contributed by atoms with Crippen LogP contribution in [0.1, 0.15) is 49.9 Å². The predicted molar refractivity (Wildman–Crippen MR) is 89.9 cm³/mol. The highest BCUT2D eigenvalue weighted by molar-refractivity contribution is 5.94. The Balaban J connectivity index is 1.64. The van der Waals surface area contributed by atoms with Crippen LogP contribution in [0.15, 0.2) is 24.3 Å². The minimum atomic E-state index is -0.505. The lowest BCUT2D eigenvalue weighted by atomic mass is 9.67. The summed E-state index contributed by atoms with van der Waals surface area (Å²) in [5.41, 5.74) is 0.0757. The van der Waals surface area contributed by atoms with Gasteiger partial charge in [0.05, 0.1) is 5.56 Å². The van der Waals surface area contributed by atoms with Gasteiger partial charge in [-0.1, -0.05) is 26.0 Å². The summed E-state index contributed by atoms with van der Waals surface area (Å²) < 4.78 is 13.7. The van der Waals surface area contributed by atoms with Gasteiger partial charge in [-0.2, -0.15) is 0 Å². The van der Waals surface area contributed by atoms with Crippen LogP contribution < -0.4 is 10.6 Å². The summed E-state index contributed by atoms with van der Waals surface area (Å²) in [6, 6.07) is 6.09. The first kappa shape index (κ1) is 16.9. The molecule has 5 heteroatoms. The third kappa shape index (κ3) is 3.17. The summed E-state index contributed by atoms with van der Waals surface area (Å²) in [7, 11) is 0. The molecule has 1 aliphatic heterocycles. The second-order valence-electron chi connectivity index (χ2n) is 7.12. The Morgan fingerprint density at radius 3 is 2.79 bits per heavy atom. The Hall–Kier alpha value is -1.91. The second-order valence-corrected chi connectivity index (χ2v) is 7.12. The quantitative estimate of drug-likeness (QED) is 0.894. The molecule has 24 heavy (non-hydrogen) atoms. The molecule has 2 fully saturated rings. The standard InChI is InChI=1S/C19H25FN2O2/c1-3-13-11(2)14-9-8-12(10-17(14)22-18(13)23)21-19(24)15-6-4-5-7-16(15)20/h4-7,11-14,17H,3,8-10H2,1-2H3,(H,21,24)(H,22,23). The number of halogens is 1. The molecule has 2 N–H and O–H groups in total. The van der Waals surface area contributed by atoms with Crippen LogP contribution in [0, 0.1) is 23.6 Å². The van der Waals surface area contributed by atoms with Crippen molar-refractivity contribution in [1.29, 1.82) is 0 Å². The largest absolute Gasteiger partial charge is 0.353 e. The molecule has 5 atom stereocenters. The number of fused-ring (bicyclic) bond motifs is 1. The molecule has 0 bridgehead atoms. The Labute approximate surface area is 142 Å². The van der Waals surface area contributed by atoms with Gasteiger partial charge in [0.1, 0.15) is 5.82 Å². The Morgan fingerprint density at radius 1 is 1.33 bits per heavy atom. The summed E-state index contributed by atoms with van der Waals surface area (Å²) in [5, 5.41) is 6.07. The molecule has 130 valence electrons. The molecule has 5 unspecified atom stereocenters. The molecule has 3 rings (SSSR count). The number of nitrogens with one attached hydrogen (secondary N) is 2. The SMILES string of the molecule is CCC1C(=O)NC2CC(NC(=O)c3ccccc3F)CCC2C1C. The maximum absolute atomic E-state index is 13.7. The van der Waals surface area contributed by atoms with Gasteiger partial charge in [-0.25, -0.2) is 4.39 Å². The summed E-state index contributed by atoms with van der Waals surface area (Å²) in [6.07, 6.45) is 3.43. The van der Waals surface area contributed by atoms with Gasteiger partial charge in [0.15, 0.2) is 0 Å². The first-order valence-corrected chi connectivity index (χ1v) is 8.87. The highest BCUT2D eigenvalue weighted by Gasteiger charge is 2.43. The summed E-state index contributed by atoms with van der Waals surface area (Å²) in [5.74, 6) is 0.182. The van der Waals surface area contributed by atoms with Gasteiger partial charge < -0.3 is 10.6 Å². The monoisotopic (exact) mass is 332 g/mol. The fourth-order valence-corrected chi connectivity index (χ4v) is 4.41. The first-order chi connectivity index (χ1) is 11.5. The first-order valence-electron chi connectivity index (χ1n) is 8.87. The number of carbonyl (C=O) groups excluding carboxylic acids is 2. The van der Waals surface area contributed by atoms with Crippen LogP contribution in [-0.2, 0) is 4.79 Å². The van der Waals surface area contributed by atoms with Crippen LogP contribution in [0.4, 0.5) is 4.39 Å². The number of hydrogen-bond acceptors (Lipinski definition) is 2. The number of piperidine rings is 1. The van der Waals surface area contributed by atoms with E-state index in [1.54, 1.807) is 12.1 Å². The normalized spacial score (nSPS) is 32.6. The molecule has 1 aromatic carbocycles. The van der Waals surface area contributed by atoms with E-state index in [0.29, 0.717) is 11.8 Å². The molecule has 1 heterocycles. The van der Waals surface area contributed by atoms with Gasteiger partial charge in [-0.05, 0) is 49.7 Å². The van der Waals surface area contributed by atoms with E-state index in [1.807, 2.05) is 0 Å². The summed E-state index contributed by atoms with van der Waals surface area (Å²) in [6.45, 7) is 4.23. The van der Waals surface area contributed by atoms with Crippen molar-refractivity contribution in [2.75, 3.05) is 0 Å². The van der Waals surface area contributed by atoms with Crippen molar-refractivity contribution in [3.63, 3.8) is 0 Å². The highest BCUT2D eigenvalue weighted by atomic mass is 19.1. The third-order valence-corrected chi connectivity index (χ3v) is 5.77. The van der Waals surface area contributed by atoms with Crippen LogP contribution in [0.2, 0.25) is 0 Å². The van der Waals surface area contributed by atoms with Gasteiger partial charge >= 0.3 is 0 Å². The van der Waals surface area contributed by atoms with E-state index in [0.717, 1.165) is 25.7 Å². The zero-order valence-corrected chi connectivity index (χ0v) is 14.2. The molecular formula is C19H25FN2O2. The van der Waals surface area contributed by atoms with E-state index in [9.17, 15) is 14.0 Å². The van der Waals surface area contributed by atoms with Gasteiger partial charge in [-0.3, -0.25) is 9.59 Å². The molecule has 1 saturated heterocycles. The van der Waals surface area contributed by atoms with Crippen LogP contribution >= 0.6 is 0 Å². The third-order valence-electron chi connectivity index (χ3n) is 5.77. The van der Waals surface area contributed by atoms with Crippen molar-refractivity contribution in [3.05, 3.63) is 35.6 Å². The van der Waals surface area contributed by atoms with E-state index in [4.69, 9.17) is 0 Å².